The van der Waals surface area contributed by atoms with Crippen LogP contribution in [0.25, 0.3) is 0 Å². The number of unbranched alkanes of at least 4 members (excludes halogenated alkanes) is 1. The van der Waals surface area contributed by atoms with Crippen LogP contribution >= 0.6 is 0 Å². The van der Waals surface area contributed by atoms with Gasteiger partial charge in [0.05, 0.1) is 6.61 Å². The smallest absolute Gasteiger partial charge is 0.223 e. The maximum absolute atomic E-state index is 11.3. The first-order valence-corrected chi connectivity index (χ1v) is 8.83. The zero-order chi connectivity index (χ0) is 16.2. The van der Waals surface area contributed by atoms with E-state index >= 15 is 0 Å². The molecule has 4 nitrogen and oxygen atoms in total. The molecule has 2 fully saturated rings. The third-order valence-electron chi connectivity index (χ3n) is 5.39. The molecule has 1 aliphatic carbocycles. The second kappa shape index (κ2) is 7.35. The van der Waals surface area contributed by atoms with Crippen molar-refractivity contribution in [3.63, 3.8) is 0 Å². The average Bonchev–Trinajstić information content (AvgIpc) is 2.82. The molecule has 0 N–H and O–H groups in total. The predicted molar refractivity (Wildman–Crippen MR) is 92.9 cm³/mol. The van der Waals surface area contributed by atoms with Gasteiger partial charge >= 0.3 is 0 Å². The fourth-order valence-electron chi connectivity index (χ4n) is 3.61. The van der Waals surface area contributed by atoms with Gasteiger partial charge in [-0.05, 0) is 68.3 Å². The van der Waals surface area contributed by atoms with Gasteiger partial charge in [-0.3, -0.25) is 4.79 Å². The Morgan fingerprint density at radius 1 is 1.17 bits per heavy atom. The van der Waals surface area contributed by atoms with Crippen molar-refractivity contribution in [2.45, 2.75) is 32.6 Å². The monoisotopic (exact) mass is 316 g/mol. The number of fused-ring (bicyclic) bond motifs is 1. The van der Waals surface area contributed by atoms with Gasteiger partial charge in [-0.15, -0.1) is 0 Å². The van der Waals surface area contributed by atoms with Crippen LogP contribution in [0.2, 0.25) is 0 Å². The van der Waals surface area contributed by atoms with E-state index in [2.05, 4.69) is 4.90 Å². The molecule has 1 saturated heterocycles. The van der Waals surface area contributed by atoms with Gasteiger partial charge in [0.1, 0.15) is 5.75 Å². The molecule has 0 spiro atoms. The van der Waals surface area contributed by atoms with Gasteiger partial charge in [0.2, 0.25) is 5.91 Å². The van der Waals surface area contributed by atoms with E-state index in [0.29, 0.717) is 0 Å². The van der Waals surface area contributed by atoms with Gasteiger partial charge in [0, 0.05) is 32.7 Å². The summed E-state index contributed by atoms with van der Waals surface area (Å²) >= 11 is 0. The highest BCUT2D eigenvalue weighted by atomic mass is 16.5. The van der Waals surface area contributed by atoms with E-state index in [-0.39, 0.29) is 5.91 Å². The van der Waals surface area contributed by atoms with E-state index in [1.807, 2.05) is 24.3 Å². The number of rotatable bonds is 7. The summed E-state index contributed by atoms with van der Waals surface area (Å²) < 4.78 is 5.80. The van der Waals surface area contributed by atoms with E-state index in [9.17, 15) is 4.79 Å². The van der Waals surface area contributed by atoms with E-state index in [1.165, 1.54) is 38.9 Å². The van der Waals surface area contributed by atoms with Crippen LogP contribution in [-0.2, 0) is 4.79 Å². The van der Waals surface area contributed by atoms with E-state index < -0.39 is 0 Å². The Balaban J connectivity index is 1.32. The Labute approximate surface area is 139 Å². The summed E-state index contributed by atoms with van der Waals surface area (Å²) in [5, 5.41) is 0. The lowest BCUT2D eigenvalue weighted by Gasteiger charge is -2.28. The van der Waals surface area contributed by atoms with Gasteiger partial charge in [-0.25, -0.2) is 0 Å². The summed E-state index contributed by atoms with van der Waals surface area (Å²) in [7, 11) is 1.78. The lowest BCUT2D eigenvalue weighted by atomic mass is 9.77. The van der Waals surface area contributed by atoms with Crippen LogP contribution in [0, 0.1) is 11.8 Å². The normalized spacial score (nSPS) is 23.2. The van der Waals surface area contributed by atoms with Gasteiger partial charge in [0.15, 0.2) is 0 Å². The highest BCUT2D eigenvalue weighted by Gasteiger charge is 2.38. The molecule has 0 radical (unpaired) electrons. The molecular weight excluding hydrogens is 288 g/mol. The summed E-state index contributed by atoms with van der Waals surface area (Å²) in [6.45, 7) is 6.21. The molecule has 1 saturated carbocycles. The summed E-state index contributed by atoms with van der Waals surface area (Å²) in [5.74, 6) is 2.94. The second-order valence-corrected chi connectivity index (χ2v) is 6.98. The quantitative estimate of drug-likeness (QED) is 0.724. The number of carbonyl (C=O) groups is 1. The first-order chi connectivity index (χ1) is 11.1. The molecule has 2 atom stereocenters. The van der Waals surface area contributed by atoms with Gasteiger partial charge < -0.3 is 14.5 Å². The van der Waals surface area contributed by atoms with Crippen molar-refractivity contribution in [3.8, 4) is 5.75 Å². The number of ether oxygens (including phenoxy) is 1. The molecule has 23 heavy (non-hydrogen) atoms. The molecule has 1 aliphatic heterocycles. The molecule has 1 aromatic carbocycles. The molecule has 2 aliphatic rings. The Hall–Kier alpha value is -1.55. The van der Waals surface area contributed by atoms with E-state index in [4.69, 9.17) is 4.74 Å². The zero-order valence-corrected chi connectivity index (χ0v) is 14.3. The Kier molecular flexibility index (Phi) is 5.21. The van der Waals surface area contributed by atoms with Gasteiger partial charge in [-0.2, -0.15) is 0 Å². The number of hydrogen-bond acceptors (Lipinski definition) is 3. The van der Waals surface area contributed by atoms with Crippen LogP contribution in [0.3, 0.4) is 0 Å². The van der Waals surface area contributed by atoms with Crippen molar-refractivity contribution in [2.24, 2.45) is 11.8 Å². The molecule has 0 unspecified atom stereocenters. The zero-order valence-electron chi connectivity index (χ0n) is 14.3. The second-order valence-electron chi connectivity index (χ2n) is 6.98. The number of likely N-dealkylation sites (tertiary alicyclic amines) is 1. The third-order valence-corrected chi connectivity index (χ3v) is 5.39. The van der Waals surface area contributed by atoms with Crippen molar-refractivity contribution in [3.05, 3.63) is 24.3 Å². The number of benzene rings is 1. The number of amides is 1. The molecule has 1 aromatic rings. The molecule has 3 rings (SSSR count). The number of hydrogen-bond donors (Lipinski definition) is 0. The Morgan fingerprint density at radius 3 is 2.39 bits per heavy atom. The fourth-order valence-corrected chi connectivity index (χ4v) is 3.61. The molecule has 126 valence electrons. The Bertz CT molecular complexity index is 517. The van der Waals surface area contributed by atoms with Gasteiger partial charge in [-0.1, -0.05) is 0 Å². The molecule has 0 bridgehead atoms. The summed E-state index contributed by atoms with van der Waals surface area (Å²) in [6.07, 6.45) is 5.23. The minimum Gasteiger partial charge on any atom is -0.494 e. The SMILES string of the molecule is CC(=O)N(C)c1ccc(OCCCCN2C[C@H]3CC[C@H]3C2)cc1. The first-order valence-electron chi connectivity index (χ1n) is 8.83. The fraction of sp³-hybridized carbons (Fsp3) is 0.632. The Morgan fingerprint density at radius 2 is 1.83 bits per heavy atom. The first kappa shape index (κ1) is 16.3. The number of anilines is 1. The number of carbonyl (C=O) groups excluding carboxylic acids is 1. The minimum atomic E-state index is 0.0361. The van der Waals surface area contributed by atoms with Crippen LogP contribution in [0.5, 0.6) is 5.75 Å². The van der Waals surface area contributed by atoms with Crippen LogP contribution in [-0.4, -0.2) is 44.1 Å². The van der Waals surface area contributed by atoms with Crippen LogP contribution in [0.4, 0.5) is 5.69 Å². The molecule has 1 heterocycles. The van der Waals surface area contributed by atoms with Crippen molar-refractivity contribution < 1.29 is 9.53 Å². The van der Waals surface area contributed by atoms with Crippen LogP contribution in [0.1, 0.15) is 32.6 Å². The van der Waals surface area contributed by atoms with Crippen LogP contribution < -0.4 is 9.64 Å². The highest BCUT2D eigenvalue weighted by Crippen LogP contribution is 2.40. The highest BCUT2D eigenvalue weighted by molar-refractivity contribution is 5.90. The lowest BCUT2D eigenvalue weighted by molar-refractivity contribution is -0.116. The van der Waals surface area contributed by atoms with Gasteiger partial charge in [0.25, 0.3) is 0 Å². The topological polar surface area (TPSA) is 32.8 Å². The summed E-state index contributed by atoms with van der Waals surface area (Å²) in [5.41, 5.74) is 0.897. The van der Waals surface area contributed by atoms with E-state index in [1.54, 1.807) is 18.9 Å². The molecule has 1 amide bonds. The van der Waals surface area contributed by atoms with Crippen molar-refractivity contribution in [1.82, 2.24) is 4.90 Å². The van der Waals surface area contributed by atoms with Crippen molar-refractivity contribution in [2.75, 3.05) is 38.2 Å². The minimum absolute atomic E-state index is 0.0361. The largest absolute Gasteiger partial charge is 0.494 e. The van der Waals surface area contributed by atoms with Crippen molar-refractivity contribution in [1.29, 1.82) is 0 Å². The summed E-state index contributed by atoms with van der Waals surface area (Å²) in [4.78, 5) is 15.6. The molecule has 4 heteroatoms. The maximum Gasteiger partial charge on any atom is 0.223 e. The maximum atomic E-state index is 11.3. The summed E-state index contributed by atoms with van der Waals surface area (Å²) in [6, 6.07) is 7.73. The van der Waals surface area contributed by atoms with E-state index in [0.717, 1.165) is 36.3 Å². The number of nitrogens with zero attached hydrogens (tertiary/aromatic N) is 2. The average molecular weight is 316 g/mol. The standard InChI is InChI=1S/C19H28N2O2/c1-15(22)20(2)18-7-9-19(10-8-18)23-12-4-3-11-21-13-16-5-6-17(16)14-21/h7-10,16-17H,3-6,11-14H2,1-2H3/t16-,17+. The lowest BCUT2D eigenvalue weighted by Crippen LogP contribution is -2.22. The predicted octanol–water partition coefficient (Wildman–Crippen LogP) is 3.17. The molecule has 0 aromatic heterocycles. The third kappa shape index (κ3) is 4.05. The van der Waals surface area contributed by atoms with Crippen molar-refractivity contribution >= 4 is 11.6 Å². The van der Waals surface area contributed by atoms with Crippen LogP contribution in [0.15, 0.2) is 24.3 Å². The molecular formula is C19H28N2O2.